The van der Waals surface area contributed by atoms with Crippen molar-refractivity contribution in [1.29, 1.82) is 0 Å². The molecule has 0 atom stereocenters. The second-order valence-electron chi connectivity index (χ2n) is 9.27. The van der Waals surface area contributed by atoms with Crippen LogP contribution in [0.25, 0.3) is 17.0 Å². The predicted molar refractivity (Wildman–Crippen MR) is 126 cm³/mol. The lowest BCUT2D eigenvalue weighted by Gasteiger charge is -2.20. The predicted octanol–water partition coefficient (Wildman–Crippen LogP) is 3.39. The molecule has 4 aromatic heterocycles. The van der Waals surface area contributed by atoms with Crippen LogP contribution in [-0.4, -0.2) is 43.7 Å². The maximum Gasteiger partial charge on any atom is 0.277 e. The van der Waals surface area contributed by atoms with Gasteiger partial charge in [0.15, 0.2) is 5.69 Å². The van der Waals surface area contributed by atoms with Gasteiger partial charge in [-0.2, -0.15) is 5.10 Å². The van der Waals surface area contributed by atoms with Crippen LogP contribution < -0.4 is 10.6 Å². The van der Waals surface area contributed by atoms with Crippen molar-refractivity contribution in [3.8, 4) is 11.5 Å². The van der Waals surface area contributed by atoms with Crippen LogP contribution in [0.15, 0.2) is 47.3 Å². The largest absolute Gasteiger partial charge is 0.444 e. The van der Waals surface area contributed by atoms with E-state index in [0.717, 1.165) is 48.4 Å². The zero-order valence-corrected chi connectivity index (χ0v) is 18.9. The van der Waals surface area contributed by atoms with Crippen molar-refractivity contribution >= 4 is 17.1 Å². The molecule has 1 amide bonds. The molecule has 5 heterocycles. The van der Waals surface area contributed by atoms with Gasteiger partial charge in [0.25, 0.3) is 5.91 Å². The van der Waals surface area contributed by atoms with Crippen LogP contribution >= 0.6 is 0 Å². The summed E-state index contributed by atoms with van der Waals surface area (Å²) in [6.07, 6.45) is 8.27. The Labute approximate surface area is 196 Å². The van der Waals surface area contributed by atoms with E-state index < -0.39 is 11.5 Å². The van der Waals surface area contributed by atoms with Crippen LogP contribution in [0, 0.1) is 6.92 Å². The first-order chi connectivity index (χ1) is 16.5. The number of nitrogens with zero attached hydrogens (tertiary/aromatic N) is 4. The van der Waals surface area contributed by atoms with E-state index in [1.54, 1.807) is 12.3 Å². The first-order valence-electron chi connectivity index (χ1n) is 11.7. The number of pyridine rings is 2. The van der Waals surface area contributed by atoms with Gasteiger partial charge < -0.3 is 20.2 Å². The summed E-state index contributed by atoms with van der Waals surface area (Å²) in [6.45, 7) is 3.86. The van der Waals surface area contributed by atoms with Crippen molar-refractivity contribution in [2.24, 2.45) is 0 Å². The van der Waals surface area contributed by atoms with Crippen LogP contribution in [0.5, 0.6) is 0 Å². The molecular weight excluding hydrogens is 432 g/mol. The first-order valence-corrected chi connectivity index (χ1v) is 11.7. The van der Waals surface area contributed by atoms with Crippen molar-refractivity contribution < 1.29 is 14.3 Å². The molecular formula is C25H26N6O3. The van der Waals surface area contributed by atoms with Crippen LogP contribution in [0.1, 0.15) is 59.0 Å². The number of nitrogens with one attached hydrogen (secondary N) is 2. The molecule has 1 saturated heterocycles. The molecule has 0 spiro atoms. The number of aromatic nitrogens is 4. The number of fused-ring (bicyclic) bond motifs is 1. The number of anilines is 1. The van der Waals surface area contributed by atoms with Gasteiger partial charge in [-0.3, -0.25) is 9.78 Å². The number of rotatable bonds is 5. The lowest BCUT2D eigenvalue weighted by Crippen LogP contribution is -2.26. The summed E-state index contributed by atoms with van der Waals surface area (Å²) < 4.78 is 7.36. The molecule has 1 saturated carbocycles. The van der Waals surface area contributed by atoms with Crippen LogP contribution in [0.3, 0.4) is 0 Å². The molecule has 1 aliphatic heterocycles. The zero-order valence-electron chi connectivity index (χ0n) is 18.9. The highest BCUT2D eigenvalue weighted by Crippen LogP contribution is 2.48. The van der Waals surface area contributed by atoms with Gasteiger partial charge in [0.2, 0.25) is 5.89 Å². The zero-order chi connectivity index (χ0) is 23.3. The SMILES string of the molecule is Cc1cc(-c2nc(C(=O)Nc3cc4cc(C5CCNCC5)nn4cc3C3(O)CC3)co2)ccn1. The van der Waals surface area contributed by atoms with Gasteiger partial charge >= 0.3 is 0 Å². The average Bonchev–Trinajstić information content (AvgIpc) is 3.25. The maximum absolute atomic E-state index is 13.1. The third kappa shape index (κ3) is 3.86. The lowest BCUT2D eigenvalue weighted by molar-refractivity contribution is 0.102. The molecule has 3 N–H and O–H groups in total. The highest BCUT2D eigenvalue weighted by Gasteiger charge is 2.44. The summed E-state index contributed by atoms with van der Waals surface area (Å²) in [4.78, 5) is 21.6. The number of hydrogen-bond acceptors (Lipinski definition) is 7. The number of hydrogen-bond donors (Lipinski definition) is 3. The first kappa shape index (κ1) is 21.0. The molecule has 34 heavy (non-hydrogen) atoms. The molecule has 9 heteroatoms. The number of aliphatic hydroxyl groups is 1. The molecule has 2 fully saturated rings. The minimum absolute atomic E-state index is 0.168. The number of aryl methyl sites for hydroxylation is 1. The number of oxazole rings is 1. The van der Waals surface area contributed by atoms with Crippen LogP contribution in [0.4, 0.5) is 5.69 Å². The Bertz CT molecular complexity index is 1380. The Morgan fingerprint density at radius 1 is 1.26 bits per heavy atom. The second kappa shape index (κ2) is 8.03. The molecule has 0 aromatic carbocycles. The normalized spacial score (nSPS) is 17.7. The van der Waals surface area contributed by atoms with Gasteiger partial charge in [-0.15, -0.1) is 0 Å². The van der Waals surface area contributed by atoms with E-state index in [1.165, 1.54) is 6.26 Å². The molecule has 0 unspecified atom stereocenters. The van der Waals surface area contributed by atoms with E-state index in [9.17, 15) is 9.90 Å². The summed E-state index contributed by atoms with van der Waals surface area (Å²) in [5, 5.41) is 22.0. The van der Waals surface area contributed by atoms with Crippen molar-refractivity contribution in [3.63, 3.8) is 0 Å². The topological polar surface area (TPSA) is 118 Å². The fourth-order valence-electron chi connectivity index (χ4n) is 4.61. The third-order valence-corrected chi connectivity index (χ3v) is 6.73. The minimum Gasteiger partial charge on any atom is -0.444 e. The van der Waals surface area contributed by atoms with E-state index in [2.05, 4.69) is 26.7 Å². The maximum atomic E-state index is 13.1. The lowest BCUT2D eigenvalue weighted by atomic mass is 9.95. The van der Waals surface area contributed by atoms with E-state index in [1.807, 2.05) is 29.8 Å². The van der Waals surface area contributed by atoms with Crippen molar-refractivity contribution in [3.05, 3.63) is 65.6 Å². The smallest absolute Gasteiger partial charge is 0.277 e. The third-order valence-electron chi connectivity index (χ3n) is 6.73. The summed E-state index contributed by atoms with van der Waals surface area (Å²) in [5.41, 5.74) is 3.98. The minimum atomic E-state index is -0.943. The van der Waals surface area contributed by atoms with Crippen LogP contribution in [0.2, 0.25) is 0 Å². The van der Waals surface area contributed by atoms with Gasteiger partial charge in [-0.25, -0.2) is 9.50 Å². The van der Waals surface area contributed by atoms with Gasteiger partial charge in [-0.1, -0.05) is 0 Å². The molecule has 2 aliphatic rings. The number of piperidine rings is 1. The van der Waals surface area contributed by atoms with Gasteiger partial charge in [0.05, 0.1) is 22.5 Å². The second-order valence-corrected chi connectivity index (χ2v) is 9.27. The van der Waals surface area contributed by atoms with Crippen molar-refractivity contribution in [2.45, 2.75) is 44.1 Å². The standard InChI is InChI=1S/C25H26N6O3/c1-15-10-17(4-9-27-15)24-29-22(14-34-24)23(32)28-21-12-18-11-20(16-2-7-26-8-3-16)30-31(18)13-19(21)25(33)5-6-25/h4,9-14,16,26,33H,2-3,5-8H2,1H3,(H,28,32). The highest BCUT2D eigenvalue weighted by molar-refractivity contribution is 6.03. The quantitative estimate of drug-likeness (QED) is 0.420. The molecule has 6 rings (SSSR count). The number of carbonyl (C=O) groups is 1. The monoisotopic (exact) mass is 458 g/mol. The van der Waals surface area contributed by atoms with Gasteiger partial charge in [0, 0.05) is 35.1 Å². The fraction of sp³-hybridized carbons (Fsp3) is 0.360. The van der Waals surface area contributed by atoms with E-state index >= 15 is 0 Å². The van der Waals surface area contributed by atoms with E-state index in [-0.39, 0.29) is 5.69 Å². The van der Waals surface area contributed by atoms with Crippen LogP contribution in [-0.2, 0) is 5.60 Å². The number of amides is 1. The average molecular weight is 459 g/mol. The Morgan fingerprint density at radius 2 is 2.09 bits per heavy atom. The Balaban J connectivity index is 1.31. The Kier molecular flexibility index (Phi) is 4.96. The molecule has 174 valence electrons. The summed E-state index contributed by atoms with van der Waals surface area (Å²) >= 11 is 0. The van der Waals surface area contributed by atoms with E-state index in [4.69, 9.17) is 9.52 Å². The van der Waals surface area contributed by atoms with Gasteiger partial charge in [0.1, 0.15) is 6.26 Å². The molecule has 1 aliphatic carbocycles. The highest BCUT2D eigenvalue weighted by atomic mass is 16.3. The molecule has 0 radical (unpaired) electrons. The summed E-state index contributed by atoms with van der Waals surface area (Å²) in [6, 6.07) is 7.59. The molecule has 0 bridgehead atoms. The molecule has 9 nitrogen and oxygen atoms in total. The fourth-order valence-corrected chi connectivity index (χ4v) is 4.61. The Morgan fingerprint density at radius 3 is 2.85 bits per heavy atom. The summed E-state index contributed by atoms with van der Waals surface area (Å²) in [5.74, 6) is 0.375. The Hall–Kier alpha value is -3.56. The van der Waals surface area contributed by atoms with Gasteiger partial charge in [-0.05, 0) is 70.0 Å². The van der Waals surface area contributed by atoms with Crippen molar-refractivity contribution in [1.82, 2.24) is 24.9 Å². The van der Waals surface area contributed by atoms with E-state index in [0.29, 0.717) is 35.9 Å². The number of carbonyl (C=O) groups excluding carboxylic acids is 1. The molecule has 4 aromatic rings. The van der Waals surface area contributed by atoms with Crippen molar-refractivity contribution in [2.75, 3.05) is 18.4 Å². The summed E-state index contributed by atoms with van der Waals surface area (Å²) in [7, 11) is 0.